The summed E-state index contributed by atoms with van der Waals surface area (Å²) in [6, 6.07) is 7.31. The largest absolute Gasteiger partial charge is 0.340 e. The number of nitrogens with zero attached hydrogens (tertiary/aromatic N) is 2. The van der Waals surface area contributed by atoms with Crippen LogP contribution in [0.25, 0.3) is 0 Å². The van der Waals surface area contributed by atoms with E-state index >= 15 is 0 Å². The summed E-state index contributed by atoms with van der Waals surface area (Å²) in [6.07, 6.45) is 1.98. The molecule has 1 aromatic rings. The lowest BCUT2D eigenvalue weighted by Crippen LogP contribution is -2.51. The summed E-state index contributed by atoms with van der Waals surface area (Å²) in [7, 11) is -3.25. The summed E-state index contributed by atoms with van der Waals surface area (Å²) < 4.78 is 26.6. The zero-order valence-corrected chi connectivity index (χ0v) is 16.5. The Morgan fingerprint density at radius 2 is 1.72 bits per heavy atom. The van der Waals surface area contributed by atoms with Crippen molar-refractivity contribution in [3.8, 4) is 0 Å². The monoisotopic (exact) mass is 386 g/mol. The van der Waals surface area contributed by atoms with Crippen molar-refractivity contribution >= 4 is 27.5 Å². The maximum absolute atomic E-state index is 12.5. The highest BCUT2D eigenvalue weighted by Crippen LogP contribution is 2.18. The van der Waals surface area contributed by atoms with Gasteiger partial charge in [0.15, 0.2) is 0 Å². The van der Waals surface area contributed by atoms with E-state index in [4.69, 9.17) is 11.6 Å². The van der Waals surface area contributed by atoms with Crippen molar-refractivity contribution < 1.29 is 13.2 Å². The van der Waals surface area contributed by atoms with E-state index in [-0.39, 0.29) is 24.0 Å². The number of carbonyl (C=O) groups excluding carboxylic acids is 1. The van der Waals surface area contributed by atoms with Crippen LogP contribution in [-0.2, 0) is 21.2 Å². The molecule has 0 unspecified atom stereocenters. The molecule has 1 aromatic carbocycles. The Balaban J connectivity index is 1.90. The van der Waals surface area contributed by atoms with Gasteiger partial charge < -0.3 is 4.90 Å². The van der Waals surface area contributed by atoms with Gasteiger partial charge in [-0.3, -0.25) is 4.79 Å². The van der Waals surface area contributed by atoms with E-state index in [1.807, 2.05) is 32.0 Å². The van der Waals surface area contributed by atoms with Gasteiger partial charge in [0.1, 0.15) is 0 Å². The van der Waals surface area contributed by atoms with E-state index in [1.54, 1.807) is 11.0 Å². The van der Waals surface area contributed by atoms with Crippen molar-refractivity contribution in [3.63, 3.8) is 0 Å². The molecule has 0 spiro atoms. The normalized spacial score (nSPS) is 16.4. The topological polar surface area (TPSA) is 57.7 Å². The highest BCUT2D eigenvalue weighted by molar-refractivity contribution is 7.89. The number of hydrogen-bond donors (Lipinski definition) is 0. The third-order valence-electron chi connectivity index (χ3n) is 4.89. The van der Waals surface area contributed by atoms with Gasteiger partial charge in [0, 0.05) is 31.2 Å². The number of rotatable bonds is 7. The molecule has 5 nitrogen and oxygen atoms in total. The van der Waals surface area contributed by atoms with E-state index < -0.39 is 10.0 Å². The highest BCUT2D eigenvalue weighted by atomic mass is 35.5. The van der Waals surface area contributed by atoms with Gasteiger partial charge in [-0.05, 0) is 17.5 Å². The molecule has 0 radical (unpaired) electrons. The van der Waals surface area contributed by atoms with Gasteiger partial charge in [-0.15, -0.1) is 0 Å². The number of carbonyl (C=O) groups is 1. The minimum atomic E-state index is -3.25. The first kappa shape index (κ1) is 20.2. The van der Waals surface area contributed by atoms with Gasteiger partial charge in [0.25, 0.3) is 0 Å². The molecule has 0 atom stereocenters. The molecule has 1 aliphatic rings. The number of sulfonamides is 1. The molecule has 1 amide bonds. The number of halogens is 1. The zero-order valence-electron chi connectivity index (χ0n) is 14.9. The van der Waals surface area contributed by atoms with E-state index in [0.717, 1.165) is 18.4 Å². The van der Waals surface area contributed by atoms with Crippen LogP contribution in [0, 0.1) is 5.92 Å². The lowest BCUT2D eigenvalue weighted by atomic mass is 10.1. The van der Waals surface area contributed by atoms with Gasteiger partial charge in [-0.1, -0.05) is 56.5 Å². The minimum Gasteiger partial charge on any atom is -0.340 e. The molecule has 2 rings (SSSR count). The standard InChI is InChI=1S/C18H27ClN2O3S/c1-3-15(4-2)14-25(23,24)21-11-9-20(10-12-21)18(22)13-16-7-5-6-8-17(16)19/h5-8,15H,3-4,9-14H2,1-2H3. The van der Waals surface area contributed by atoms with Crippen LogP contribution in [0.4, 0.5) is 0 Å². The maximum Gasteiger partial charge on any atom is 0.227 e. The van der Waals surface area contributed by atoms with Crippen LogP contribution in [0.2, 0.25) is 5.02 Å². The van der Waals surface area contributed by atoms with E-state index in [9.17, 15) is 13.2 Å². The number of amides is 1. The van der Waals surface area contributed by atoms with Crippen LogP contribution < -0.4 is 0 Å². The van der Waals surface area contributed by atoms with Crippen LogP contribution in [-0.4, -0.2) is 55.5 Å². The summed E-state index contributed by atoms with van der Waals surface area (Å²) in [5, 5.41) is 0.585. The first-order valence-electron chi connectivity index (χ1n) is 8.86. The smallest absolute Gasteiger partial charge is 0.227 e. The molecule has 1 fully saturated rings. The minimum absolute atomic E-state index is 0.00913. The van der Waals surface area contributed by atoms with Crippen LogP contribution in [0.1, 0.15) is 32.3 Å². The fourth-order valence-corrected chi connectivity index (χ4v) is 5.26. The molecule has 25 heavy (non-hydrogen) atoms. The molecule has 0 aliphatic carbocycles. The van der Waals surface area contributed by atoms with Crippen molar-refractivity contribution in [1.29, 1.82) is 0 Å². The lowest BCUT2D eigenvalue weighted by molar-refractivity contribution is -0.131. The number of hydrogen-bond acceptors (Lipinski definition) is 3. The zero-order chi connectivity index (χ0) is 18.4. The Kier molecular flexibility index (Phi) is 7.28. The first-order chi connectivity index (χ1) is 11.9. The number of benzene rings is 1. The molecule has 0 N–H and O–H groups in total. The summed E-state index contributed by atoms with van der Waals surface area (Å²) in [4.78, 5) is 14.2. The van der Waals surface area contributed by atoms with E-state index in [2.05, 4.69) is 0 Å². The molecule has 140 valence electrons. The van der Waals surface area contributed by atoms with Gasteiger partial charge in [0.05, 0.1) is 12.2 Å². The molecular weight excluding hydrogens is 360 g/mol. The summed E-state index contributed by atoms with van der Waals surface area (Å²) in [5.74, 6) is 0.392. The SMILES string of the molecule is CCC(CC)CS(=O)(=O)N1CCN(C(=O)Cc2ccccc2Cl)CC1. The van der Waals surface area contributed by atoms with E-state index in [0.29, 0.717) is 31.2 Å². The Hall–Kier alpha value is -1.11. The predicted octanol–water partition coefficient (Wildman–Crippen LogP) is 2.79. The maximum atomic E-state index is 12.5. The van der Waals surface area contributed by atoms with Crippen molar-refractivity contribution in [2.24, 2.45) is 5.92 Å². The molecule has 0 bridgehead atoms. The molecule has 1 saturated heterocycles. The molecule has 1 heterocycles. The van der Waals surface area contributed by atoms with Crippen molar-refractivity contribution in [1.82, 2.24) is 9.21 Å². The second kappa shape index (κ2) is 9.01. The lowest BCUT2D eigenvalue weighted by Gasteiger charge is -2.34. The van der Waals surface area contributed by atoms with Gasteiger partial charge in [0.2, 0.25) is 15.9 Å². The third-order valence-corrected chi connectivity index (χ3v) is 7.30. The Bertz CT molecular complexity index is 681. The first-order valence-corrected chi connectivity index (χ1v) is 10.8. The van der Waals surface area contributed by atoms with Gasteiger partial charge >= 0.3 is 0 Å². The summed E-state index contributed by atoms with van der Waals surface area (Å²) >= 11 is 6.11. The van der Waals surface area contributed by atoms with Crippen LogP contribution >= 0.6 is 11.6 Å². The summed E-state index contributed by atoms with van der Waals surface area (Å²) in [5.41, 5.74) is 0.804. The molecular formula is C18H27ClN2O3S. The molecule has 0 aromatic heterocycles. The molecule has 1 aliphatic heterocycles. The molecule has 7 heteroatoms. The Labute approximate surface area is 156 Å². The second-order valence-electron chi connectivity index (χ2n) is 6.51. The van der Waals surface area contributed by atoms with Gasteiger partial charge in [-0.25, -0.2) is 8.42 Å². The van der Waals surface area contributed by atoms with Crippen LogP contribution in [0.15, 0.2) is 24.3 Å². The van der Waals surface area contributed by atoms with Gasteiger partial charge in [-0.2, -0.15) is 4.31 Å². The Morgan fingerprint density at radius 1 is 1.12 bits per heavy atom. The van der Waals surface area contributed by atoms with E-state index in [1.165, 1.54) is 4.31 Å². The van der Waals surface area contributed by atoms with Crippen molar-refractivity contribution in [2.45, 2.75) is 33.1 Å². The average Bonchev–Trinajstić information content (AvgIpc) is 2.61. The van der Waals surface area contributed by atoms with Crippen LogP contribution in [0.5, 0.6) is 0 Å². The van der Waals surface area contributed by atoms with Crippen LogP contribution in [0.3, 0.4) is 0 Å². The van der Waals surface area contributed by atoms with Crippen molar-refractivity contribution in [2.75, 3.05) is 31.9 Å². The average molecular weight is 387 g/mol. The number of piperazine rings is 1. The van der Waals surface area contributed by atoms with Crippen molar-refractivity contribution in [3.05, 3.63) is 34.9 Å². The molecule has 0 saturated carbocycles. The quantitative estimate of drug-likeness (QED) is 0.724. The fourth-order valence-electron chi connectivity index (χ4n) is 3.06. The highest BCUT2D eigenvalue weighted by Gasteiger charge is 2.30. The second-order valence-corrected chi connectivity index (χ2v) is 8.93. The third kappa shape index (κ3) is 5.43. The predicted molar refractivity (Wildman–Crippen MR) is 101 cm³/mol. The fraction of sp³-hybridized carbons (Fsp3) is 0.611. The summed E-state index contributed by atoms with van der Waals surface area (Å²) in [6.45, 7) is 5.66. The Morgan fingerprint density at radius 3 is 2.28 bits per heavy atom.